The molecule has 1 aliphatic heterocycles. The number of primary amides is 1. The zero-order valence-corrected chi connectivity index (χ0v) is 10.8. The Morgan fingerprint density at radius 2 is 2.06 bits per heavy atom. The van der Waals surface area contributed by atoms with E-state index >= 15 is 0 Å². The summed E-state index contributed by atoms with van der Waals surface area (Å²) in [6, 6.07) is 8.23. The molecule has 1 aromatic carbocycles. The number of anilines is 1. The molecule has 0 aromatic heterocycles. The number of benzene rings is 1. The van der Waals surface area contributed by atoms with Gasteiger partial charge in [0.2, 0.25) is 5.91 Å². The lowest BCUT2D eigenvalue weighted by Crippen LogP contribution is -2.42. The fraction of sp³-hybridized carbons (Fsp3) is 0.500. The minimum Gasteiger partial charge on any atom is -0.399 e. The van der Waals surface area contributed by atoms with Gasteiger partial charge in [-0.1, -0.05) is 12.1 Å². The molecule has 1 aromatic rings. The molecule has 4 heteroatoms. The fourth-order valence-electron chi connectivity index (χ4n) is 2.58. The van der Waals surface area contributed by atoms with Gasteiger partial charge in [0.15, 0.2) is 0 Å². The van der Waals surface area contributed by atoms with Crippen LogP contribution in [0.15, 0.2) is 24.3 Å². The van der Waals surface area contributed by atoms with Crippen LogP contribution in [0.5, 0.6) is 0 Å². The Bertz CT molecular complexity index is 416. The zero-order valence-electron chi connectivity index (χ0n) is 10.8. The summed E-state index contributed by atoms with van der Waals surface area (Å²) in [5, 5.41) is 0. The number of rotatable bonds is 3. The molecule has 0 aliphatic carbocycles. The predicted molar refractivity (Wildman–Crippen MR) is 72.8 cm³/mol. The van der Waals surface area contributed by atoms with Crippen molar-refractivity contribution in [3.05, 3.63) is 29.8 Å². The van der Waals surface area contributed by atoms with Gasteiger partial charge in [0.05, 0.1) is 5.92 Å². The van der Waals surface area contributed by atoms with Crippen molar-refractivity contribution < 1.29 is 4.79 Å². The van der Waals surface area contributed by atoms with Crippen molar-refractivity contribution in [2.45, 2.75) is 25.8 Å². The molecule has 2 atom stereocenters. The standard InChI is InChI=1S/C14H21N3O/c1-10(11-4-6-13(15)7-5-11)17-8-2-3-12(9-17)14(16)18/h4-7,10,12H,2-3,8-9,15H2,1H3,(H2,16,18). The summed E-state index contributed by atoms with van der Waals surface area (Å²) in [6.07, 6.45) is 1.95. The lowest BCUT2D eigenvalue weighted by Gasteiger charge is -2.35. The lowest BCUT2D eigenvalue weighted by atomic mass is 9.95. The number of nitrogen functional groups attached to an aromatic ring is 1. The third-order valence-electron chi connectivity index (χ3n) is 3.82. The Balaban J connectivity index is 2.06. The van der Waals surface area contributed by atoms with Crippen LogP contribution in [-0.2, 0) is 4.79 Å². The highest BCUT2D eigenvalue weighted by molar-refractivity contribution is 5.76. The Hall–Kier alpha value is -1.55. The maximum absolute atomic E-state index is 11.3. The summed E-state index contributed by atoms with van der Waals surface area (Å²) in [4.78, 5) is 13.6. The van der Waals surface area contributed by atoms with Crippen molar-refractivity contribution in [2.24, 2.45) is 11.7 Å². The third-order valence-corrected chi connectivity index (χ3v) is 3.82. The summed E-state index contributed by atoms with van der Waals surface area (Å²) >= 11 is 0. The molecule has 0 bridgehead atoms. The summed E-state index contributed by atoms with van der Waals surface area (Å²) in [5.74, 6) is -0.181. The number of likely N-dealkylation sites (tertiary alicyclic amines) is 1. The molecular weight excluding hydrogens is 226 g/mol. The van der Waals surface area contributed by atoms with Gasteiger partial charge in [-0.2, -0.15) is 0 Å². The average Bonchev–Trinajstić information content (AvgIpc) is 2.39. The van der Waals surface area contributed by atoms with E-state index in [4.69, 9.17) is 11.5 Å². The Morgan fingerprint density at radius 1 is 1.39 bits per heavy atom. The van der Waals surface area contributed by atoms with E-state index in [0.717, 1.165) is 31.6 Å². The number of amides is 1. The Kier molecular flexibility index (Phi) is 3.87. The highest BCUT2D eigenvalue weighted by Crippen LogP contribution is 2.26. The first-order chi connectivity index (χ1) is 8.58. The second-order valence-electron chi connectivity index (χ2n) is 5.08. The fourth-order valence-corrected chi connectivity index (χ4v) is 2.58. The molecule has 1 fully saturated rings. The number of hydrogen-bond donors (Lipinski definition) is 2. The largest absolute Gasteiger partial charge is 0.399 e. The van der Waals surface area contributed by atoms with Gasteiger partial charge in [0.1, 0.15) is 0 Å². The smallest absolute Gasteiger partial charge is 0.221 e. The van der Waals surface area contributed by atoms with Crippen molar-refractivity contribution in [3.63, 3.8) is 0 Å². The number of piperidine rings is 1. The average molecular weight is 247 g/mol. The van der Waals surface area contributed by atoms with E-state index in [0.29, 0.717) is 6.04 Å². The van der Waals surface area contributed by atoms with Crippen LogP contribution in [0.2, 0.25) is 0 Å². The van der Waals surface area contributed by atoms with E-state index in [2.05, 4.69) is 11.8 Å². The zero-order chi connectivity index (χ0) is 13.1. The van der Waals surface area contributed by atoms with Crippen molar-refractivity contribution in [1.29, 1.82) is 0 Å². The molecule has 4 N–H and O–H groups in total. The summed E-state index contributed by atoms with van der Waals surface area (Å²) in [5.41, 5.74) is 13.1. The second kappa shape index (κ2) is 5.40. The Labute approximate surface area is 108 Å². The van der Waals surface area contributed by atoms with Gasteiger partial charge in [0.25, 0.3) is 0 Å². The number of hydrogen-bond acceptors (Lipinski definition) is 3. The summed E-state index contributed by atoms with van der Waals surface area (Å²) in [7, 11) is 0. The SMILES string of the molecule is CC(c1ccc(N)cc1)N1CCCC(C(N)=O)C1. The molecule has 2 rings (SSSR count). The second-order valence-corrected chi connectivity index (χ2v) is 5.08. The van der Waals surface area contributed by atoms with Gasteiger partial charge in [-0.15, -0.1) is 0 Å². The molecular formula is C14H21N3O. The molecule has 98 valence electrons. The van der Waals surface area contributed by atoms with Crippen molar-refractivity contribution in [3.8, 4) is 0 Å². The first-order valence-electron chi connectivity index (χ1n) is 6.46. The van der Waals surface area contributed by atoms with Crippen LogP contribution in [0, 0.1) is 5.92 Å². The summed E-state index contributed by atoms with van der Waals surface area (Å²) in [6.45, 7) is 3.95. The van der Waals surface area contributed by atoms with Gasteiger partial charge in [0, 0.05) is 18.3 Å². The maximum Gasteiger partial charge on any atom is 0.221 e. The van der Waals surface area contributed by atoms with E-state index in [1.807, 2.05) is 24.3 Å². The molecule has 4 nitrogen and oxygen atoms in total. The van der Waals surface area contributed by atoms with Gasteiger partial charge < -0.3 is 11.5 Å². The van der Waals surface area contributed by atoms with Gasteiger partial charge in [-0.05, 0) is 44.0 Å². The molecule has 0 radical (unpaired) electrons. The molecule has 2 unspecified atom stereocenters. The highest BCUT2D eigenvalue weighted by atomic mass is 16.1. The van der Waals surface area contributed by atoms with Crippen LogP contribution in [0.4, 0.5) is 5.69 Å². The van der Waals surface area contributed by atoms with Crippen LogP contribution in [0.25, 0.3) is 0 Å². The molecule has 18 heavy (non-hydrogen) atoms. The number of carbonyl (C=O) groups excluding carboxylic acids is 1. The Morgan fingerprint density at radius 3 is 2.67 bits per heavy atom. The van der Waals surface area contributed by atoms with Gasteiger partial charge >= 0.3 is 0 Å². The monoisotopic (exact) mass is 247 g/mol. The lowest BCUT2D eigenvalue weighted by molar-refractivity contribution is -0.123. The minimum absolute atomic E-state index is 0.00465. The number of carbonyl (C=O) groups is 1. The van der Waals surface area contributed by atoms with Crippen molar-refractivity contribution in [1.82, 2.24) is 4.90 Å². The first-order valence-corrected chi connectivity index (χ1v) is 6.46. The molecule has 1 amide bonds. The van der Waals surface area contributed by atoms with Crippen LogP contribution in [0.1, 0.15) is 31.4 Å². The maximum atomic E-state index is 11.3. The molecule has 1 aliphatic rings. The van der Waals surface area contributed by atoms with Crippen LogP contribution < -0.4 is 11.5 Å². The van der Waals surface area contributed by atoms with E-state index < -0.39 is 0 Å². The molecule has 0 spiro atoms. The normalized spacial score (nSPS) is 22.6. The topological polar surface area (TPSA) is 72.3 Å². The van der Waals surface area contributed by atoms with Crippen molar-refractivity contribution >= 4 is 11.6 Å². The first kappa shape index (κ1) is 12.9. The highest BCUT2D eigenvalue weighted by Gasteiger charge is 2.27. The van der Waals surface area contributed by atoms with E-state index in [-0.39, 0.29) is 11.8 Å². The van der Waals surface area contributed by atoms with Crippen LogP contribution >= 0.6 is 0 Å². The van der Waals surface area contributed by atoms with Gasteiger partial charge in [-0.25, -0.2) is 0 Å². The van der Waals surface area contributed by atoms with E-state index in [9.17, 15) is 4.79 Å². The molecule has 1 heterocycles. The van der Waals surface area contributed by atoms with E-state index in [1.54, 1.807) is 0 Å². The minimum atomic E-state index is -0.177. The van der Waals surface area contributed by atoms with Gasteiger partial charge in [-0.3, -0.25) is 9.69 Å². The number of nitrogens with two attached hydrogens (primary N) is 2. The van der Waals surface area contributed by atoms with E-state index in [1.165, 1.54) is 5.56 Å². The number of nitrogens with zero attached hydrogens (tertiary/aromatic N) is 1. The van der Waals surface area contributed by atoms with Crippen LogP contribution in [0.3, 0.4) is 0 Å². The summed E-state index contributed by atoms with van der Waals surface area (Å²) < 4.78 is 0. The van der Waals surface area contributed by atoms with Crippen LogP contribution in [-0.4, -0.2) is 23.9 Å². The molecule has 0 saturated carbocycles. The predicted octanol–water partition coefficient (Wildman–Crippen LogP) is 1.53. The quantitative estimate of drug-likeness (QED) is 0.796. The third kappa shape index (κ3) is 2.82. The molecule has 1 saturated heterocycles. The van der Waals surface area contributed by atoms with Crippen molar-refractivity contribution in [2.75, 3.05) is 18.8 Å².